The van der Waals surface area contributed by atoms with Crippen LogP contribution in [-0.2, 0) is 6.54 Å². The number of nitrogens with one attached hydrogen (secondary N) is 1. The normalized spacial score (nSPS) is 10.3. The zero-order chi connectivity index (χ0) is 14.4. The van der Waals surface area contributed by atoms with E-state index in [0.717, 1.165) is 24.5 Å². The van der Waals surface area contributed by atoms with Crippen molar-refractivity contribution in [2.75, 3.05) is 18.0 Å². The average molecular weight is 273 g/mol. The van der Waals surface area contributed by atoms with E-state index in [-0.39, 0.29) is 5.91 Å². The maximum atomic E-state index is 11.7. The molecule has 2 rings (SSSR count). The van der Waals surface area contributed by atoms with Gasteiger partial charge >= 0.3 is 0 Å². The van der Waals surface area contributed by atoms with Gasteiger partial charge in [-0.05, 0) is 31.5 Å². The molecule has 106 valence electrons. The average Bonchev–Trinajstić information content (AvgIpc) is 3.01. The second kappa shape index (κ2) is 6.75. The lowest BCUT2D eigenvalue weighted by atomic mass is 10.2. The molecule has 0 saturated carbocycles. The lowest BCUT2D eigenvalue weighted by Gasteiger charge is -2.19. The fourth-order valence-corrected chi connectivity index (χ4v) is 1.93. The molecular weight excluding hydrogens is 254 g/mol. The van der Waals surface area contributed by atoms with Gasteiger partial charge in [0.1, 0.15) is 12.1 Å². The van der Waals surface area contributed by atoms with E-state index in [4.69, 9.17) is 4.42 Å². The SMILES string of the molecule is CCN(CC)c1ccc(CNC(=O)c2ccoc2)cn1. The Morgan fingerprint density at radius 1 is 1.30 bits per heavy atom. The van der Waals surface area contributed by atoms with Crippen LogP contribution in [0.1, 0.15) is 29.8 Å². The molecule has 0 bridgehead atoms. The molecule has 0 fully saturated rings. The smallest absolute Gasteiger partial charge is 0.254 e. The third-order valence-corrected chi connectivity index (χ3v) is 3.13. The Morgan fingerprint density at radius 3 is 2.65 bits per heavy atom. The molecule has 0 radical (unpaired) electrons. The van der Waals surface area contributed by atoms with Crippen LogP contribution in [0.3, 0.4) is 0 Å². The summed E-state index contributed by atoms with van der Waals surface area (Å²) in [6, 6.07) is 5.60. The first-order chi connectivity index (χ1) is 9.74. The largest absolute Gasteiger partial charge is 0.472 e. The minimum Gasteiger partial charge on any atom is -0.472 e. The summed E-state index contributed by atoms with van der Waals surface area (Å²) in [6.45, 7) is 6.52. The summed E-state index contributed by atoms with van der Waals surface area (Å²) in [7, 11) is 0. The minimum absolute atomic E-state index is 0.147. The minimum atomic E-state index is -0.147. The highest BCUT2D eigenvalue weighted by Crippen LogP contribution is 2.10. The second-order valence-electron chi connectivity index (χ2n) is 4.39. The van der Waals surface area contributed by atoms with E-state index in [1.165, 1.54) is 12.5 Å². The van der Waals surface area contributed by atoms with Crippen LogP contribution < -0.4 is 10.2 Å². The van der Waals surface area contributed by atoms with Gasteiger partial charge in [-0.3, -0.25) is 4.79 Å². The number of carbonyl (C=O) groups excluding carboxylic acids is 1. The van der Waals surface area contributed by atoms with Crippen LogP contribution in [-0.4, -0.2) is 24.0 Å². The van der Waals surface area contributed by atoms with Crippen molar-refractivity contribution in [1.29, 1.82) is 0 Å². The monoisotopic (exact) mass is 273 g/mol. The molecule has 0 atom stereocenters. The Labute approximate surface area is 118 Å². The van der Waals surface area contributed by atoms with Gasteiger partial charge in [0.25, 0.3) is 5.91 Å². The van der Waals surface area contributed by atoms with Crippen LogP contribution in [0.5, 0.6) is 0 Å². The molecule has 0 unspecified atom stereocenters. The molecule has 2 aromatic rings. The standard InChI is InChI=1S/C15H19N3O2/c1-3-18(4-2)14-6-5-12(9-16-14)10-17-15(19)13-7-8-20-11-13/h5-9,11H,3-4,10H2,1-2H3,(H,17,19). The van der Waals surface area contributed by atoms with Gasteiger partial charge in [0.15, 0.2) is 0 Å². The molecule has 0 aromatic carbocycles. The number of rotatable bonds is 6. The lowest BCUT2D eigenvalue weighted by molar-refractivity contribution is 0.0950. The fourth-order valence-electron chi connectivity index (χ4n) is 1.93. The van der Waals surface area contributed by atoms with Gasteiger partial charge in [-0.25, -0.2) is 4.98 Å². The topological polar surface area (TPSA) is 58.4 Å². The summed E-state index contributed by atoms with van der Waals surface area (Å²) >= 11 is 0. The van der Waals surface area contributed by atoms with E-state index in [2.05, 4.69) is 29.0 Å². The van der Waals surface area contributed by atoms with E-state index in [1.807, 2.05) is 12.1 Å². The molecule has 0 aliphatic heterocycles. The molecular formula is C15H19N3O2. The Kier molecular flexibility index (Phi) is 4.76. The summed E-state index contributed by atoms with van der Waals surface area (Å²) < 4.78 is 4.88. The Morgan fingerprint density at radius 2 is 2.10 bits per heavy atom. The number of aromatic nitrogens is 1. The predicted molar refractivity (Wildman–Crippen MR) is 77.7 cm³/mol. The molecule has 0 spiro atoms. The summed E-state index contributed by atoms with van der Waals surface area (Å²) in [5.74, 6) is 0.812. The van der Waals surface area contributed by atoms with Gasteiger partial charge in [-0.15, -0.1) is 0 Å². The molecule has 1 N–H and O–H groups in total. The van der Waals surface area contributed by atoms with Crippen LogP contribution in [0.4, 0.5) is 5.82 Å². The third-order valence-electron chi connectivity index (χ3n) is 3.13. The summed E-state index contributed by atoms with van der Waals surface area (Å²) in [4.78, 5) is 18.3. The van der Waals surface area contributed by atoms with Crippen molar-refractivity contribution in [3.05, 3.63) is 48.0 Å². The first-order valence-electron chi connectivity index (χ1n) is 6.74. The van der Waals surface area contributed by atoms with Crippen molar-refractivity contribution >= 4 is 11.7 Å². The second-order valence-corrected chi connectivity index (χ2v) is 4.39. The van der Waals surface area contributed by atoms with Crippen LogP contribution in [0.2, 0.25) is 0 Å². The quantitative estimate of drug-likeness (QED) is 0.878. The highest BCUT2D eigenvalue weighted by Gasteiger charge is 2.07. The van der Waals surface area contributed by atoms with Crippen molar-refractivity contribution in [3.8, 4) is 0 Å². The summed E-state index contributed by atoms with van der Waals surface area (Å²) in [5, 5.41) is 2.83. The maximum Gasteiger partial charge on any atom is 0.254 e. The number of hydrogen-bond acceptors (Lipinski definition) is 4. The predicted octanol–water partition coefficient (Wildman–Crippen LogP) is 2.45. The van der Waals surface area contributed by atoms with Crippen molar-refractivity contribution in [3.63, 3.8) is 0 Å². The first-order valence-corrected chi connectivity index (χ1v) is 6.74. The Balaban J connectivity index is 1.92. The van der Waals surface area contributed by atoms with E-state index in [0.29, 0.717) is 12.1 Å². The molecule has 2 aromatic heterocycles. The molecule has 0 aliphatic carbocycles. The zero-order valence-electron chi connectivity index (χ0n) is 11.8. The number of nitrogens with zero attached hydrogens (tertiary/aromatic N) is 2. The van der Waals surface area contributed by atoms with Crippen molar-refractivity contribution in [2.24, 2.45) is 0 Å². The van der Waals surface area contributed by atoms with Crippen LogP contribution >= 0.6 is 0 Å². The molecule has 5 heteroatoms. The van der Waals surface area contributed by atoms with Gasteiger partial charge in [0.2, 0.25) is 0 Å². The number of pyridine rings is 1. The van der Waals surface area contributed by atoms with Gasteiger partial charge in [-0.1, -0.05) is 6.07 Å². The van der Waals surface area contributed by atoms with Crippen LogP contribution in [0.15, 0.2) is 41.3 Å². The fraction of sp³-hybridized carbons (Fsp3) is 0.333. The van der Waals surface area contributed by atoms with E-state index in [9.17, 15) is 4.79 Å². The molecule has 0 saturated heterocycles. The molecule has 20 heavy (non-hydrogen) atoms. The first kappa shape index (κ1) is 14.1. The summed E-state index contributed by atoms with van der Waals surface area (Å²) in [5.41, 5.74) is 1.50. The number of carbonyl (C=O) groups is 1. The molecule has 0 aliphatic rings. The van der Waals surface area contributed by atoms with Gasteiger partial charge in [0, 0.05) is 25.8 Å². The third kappa shape index (κ3) is 3.38. The number of anilines is 1. The number of furan rings is 1. The van der Waals surface area contributed by atoms with E-state index >= 15 is 0 Å². The molecule has 5 nitrogen and oxygen atoms in total. The van der Waals surface area contributed by atoms with E-state index < -0.39 is 0 Å². The van der Waals surface area contributed by atoms with Gasteiger partial charge in [-0.2, -0.15) is 0 Å². The Hall–Kier alpha value is -2.30. The Bertz CT molecular complexity index is 531. The maximum absolute atomic E-state index is 11.7. The molecule has 1 amide bonds. The summed E-state index contributed by atoms with van der Waals surface area (Å²) in [6.07, 6.45) is 4.70. The zero-order valence-corrected chi connectivity index (χ0v) is 11.8. The molecule has 2 heterocycles. The van der Waals surface area contributed by atoms with Gasteiger partial charge < -0.3 is 14.6 Å². The highest BCUT2D eigenvalue weighted by atomic mass is 16.3. The number of hydrogen-bond donors (Lipinski definition) is 1. The van der Waals surface area contributed by atoms with Gasteiger partial charge in [0.05, 0.1) is 11.8 Å². The van der Waals surface area contributed by atoms with Crippen molar-refractivity contribution < 1.29 is 9.21 Å². The van der Waals surface area contributed by atoms with Crippen molar-refractivity contribution in [1.82, 2.24) is 10.3 Å². The van der Waals surface area contributed by atoms with Crippen LogP contribution in [0, 0.1) is 0 Å². The van der Waals surface area contributed by atoms with E-state index in [1.54, 1.807) is 12.3 Å². The van der Waals surface area contributed by atoms with Crippen LogP contribution in [0.25, 0.3) is 0 Å². The highest BCUT2D eigenvalue weighted by molar-refractivity contribution is 5.93. The van der Waals surface area contributed by atoms with Crippen molar-refractivity contribution in [2.45, 2.75) is 20.4 Å². The number of amides is 1. The lowest BCUT2D eigenvalue weighted by Crippen LogP contribution is -2.24.